The van der Waals surface area contributed by atoms with Crippen LogP contribution in [0.2, 0.25) is 0 Å². The molecule has 24 heavy (non-hydrogen) atoms. The number of ether oxygens (including phenoxy) is 1. The lowest BCUT2D eigenvalue weighted by molar-refractivity contribution is -0.138. The normalized spacial score (nSPS) is 14.2. The van der Waals surface area contributed by atoms with Crippen molar-refractivity contribution in [3.05, 3.63) is 29.8 Å². The summed E-state index contributed by atoms with van der Waals surface area (Å²) in [5.74, 6) is 0.305. The zero-order chi connectivity index (χ0) is 17.4. The average Bonchev–Trinajstić information content (AvgIpc) is 2.62. The summed E-state index contributed by atoms with van der Waals surface area (Å²) in [4.78, 5) is 37.9. The van der Waals surface area contributed by atoms with Crippen molar-refractivity contribution < 1.29 is 19.1 Å². The topological polar surface area (TPSA) is 79.0 Å². The third kappa shape index (κ3) is 4.97. The minimum Gasteiger partial charge on any atom is -0.496 e. The van der Waals surface area contributed by atoms with Gasteiger partial charge < -0.3 is 19.9 Å². The highest BCUT2D eigenvalue weighted by Gasteiger charge is 2.21. The Morgan fingerprint density at radius 1 is 1.21 bits per heavy atom. The average molecular weight is 333 g/mol. The molecule has 1 aromatic rings. The minimum absolute atomic E-state index is 0.160. The van der Waals surface area contributed by atoms with Crippen LogP contribution >= 0.6 is 0 Å². The number of hydrogen-bond donors (Lipinski definition) is 1. The molecule has 1 saturated heterocycles. The number of para-hydroxylation sites is 1. The molecule has 0 bridgehead atoms. The van der Waals surface area contributed by atoms with Crippen LogP contribution in [0, 0.1) is 0 Å². The summed E-state index contributed by atoms with van der Waals surface area (Å²) in [6.07, 6.45) is 1.27. The van der Waals surface area contributed by atoms with E-state index in [1.54, 1.807) is 16.9 Å². The lowest BCUT2D eigenvalue weighted by atomic mass is 10.1. The van der Waals surface area contributed by atoms with E-state index in [-0.39, 0.29) is 18.2 Å². The van der Waals surface area contributed by atoms with Crippen LogP contribution in [0.3, 0.4) is 0 Å². The molecule has 0 aromatic heterocycles. The number of methoxy groups -OCH3 is 1. The van der Waals surface area contributed by atoms with E-state index in [0.717, 1.165) is 17.7 Å². The molecule has 7 nitrogen and oxygen atoms in total. The molecule has 0 radical (unpaired) electrons. The van der Waals surface area contributed by atoms with Crippen LogP contribution in [-0.2, 0) is 20.8 Å². The SMILES string of the molecule is COc1ccccc1CCNC(=O)CC(=O)N1CCN(C=O)CC1. The van der Waals surface area contributed by atoms with Crippen molar-refractivity contribution in [3.63, 3.8) is 0 Å². The summed E-state index contributed by atoms with van der Waals surface area (Å²) in [6.45, 7) is 2.44. The van der Waals surface area contributed by atoms with Crippen LogP contribution in [0.4, 0.5) is 0 Å². The molecular weight excluding hydrogens is 310 g/mol. The quantitative estimate of drug-likeness (QED) is 0.565. The first kappa shape index (κ1) is 17.8. The molecule has 1 fully saturated rings. The van der Waals surface area contributed by atoms with Gasteiger partial charge in [-0.3, -0.25) is 14.4 Å². The molecular formula is C17H23N3O4. The fourth-order valence-corrected chi connectivity index (χ4v) is 2.63. The Kier molecular flexibility index (Phi) is 6.60. The summed E-state index contributed by atoms with van der Waals surface area (Å²) in [5.41, 5.74) is 1.01. The fourth-order valence-electron chi connectivity index (χ4n) is 2.63. The Morgan fingerprint density at radius 3 is 2.58 bits per heavy atom. The maximum atomic E-state index is 12.1. The van der Waals surface area contributed by atoms with Crippen molar-refractivity contribution in [2.45, 2.75) is 12.8 Å². The van der Waals surface area contributed by atoms with Gasteiger partial charge in [-0.2, -0.15) is 0 Å². The lowest BCUT2D eigenvalue weighted by Crippen LogP contribution is -2.49. The fraction of sp³-hybridized carbons (Fsp3) is 0.471. The first-order chi connectivity index (χ1) is 11.6. The van der Waals surface area contributed by atoms with Crippen LogP contribution < -0.4 is 10.1 Å². The van der Waals surface area contributed by atoms with E-state index in [2.05, 4.69) is 5.32 Å². The predicted molar refractivity (Wildman–Crippen MR) is 88.5 cm³/mol. The zero-order valence-electron chi connectivity index (χ0n) is 13.9. The van der Waals surface area contributed by atoms with E-state index >= 15 is 0 Å². The molecule has 1 heterocycles. The first-order valence-corrected chi connectivity index (χ1v) is 7.99. The van der Waals surface area contributed by atoms with Crippen molar-refractivity contribution in [1.82, 2.24) is 15.1 Å². The lowest BCUT2D eigenvalue weighted by Gasteiger charge is -2.32. The van der Waals surface area contributed by atoms with E-state index in [4.69, 9.17) is 4.74 Å². The molecule has 1 aromatic carbocycles. The maximum absolute atomic E-state index is 12.1. The van der Waals surface area contributed by atoms with Crippen molar-refractivity contribution in [3.8, 4) is 5.75 Å². The van der Waals surface area contributed by atoms with E-state index in [0.29, 0.717) is 39.1 Å². The standard InChI is InChI=1S/C17H23N3O4/c1-24-15-5-3-2-4-14(15)6-7-18-16(22)12-17(23)20-10-8-19(13-21)9-11-20/h2-5,13H,6-12H2,1H3,(H,18,22). The van der Waals surface area contributed by atoms with Gasteiger partial charge in [-0.1, -0.05) is 18.2 Å². The number of carbonyl (C=O) groups excluding carboxylic acids is 3. The van der Waals surface area contributed by atoms with Gasteiger partial charge in [0.15, 0.2) is 0 Å². The number of piperazine rings is 1. The Balaban J connectivity index is 1.71. The summed E-state index contributed by atoms with van der Waals surface area (Å²) in [5, 5.41) is 2.76. The molecule has 0 aliphatic carbocycles. The third-order valence-corrected chi connectivity index (χ3v) is 4.04. The van der Waals surface area contributed by atoms with E-state index in [1.807, 2.05) is 24.3 Å². The number of carbonyl (C=O) groups is 3. The van der Waals surface area contributed by atoms with Crippen molar-refractivity contribution in [2.24, 2.45) is 0 Å². The summed E-state index contributed by atoms with van der Waals surface area (Å²) in [7, 11) is 1.61. The molecule has 130 valence electrons. The summed E-state index contributed by atoms with van der Waals surface area (Å²) >= 11 is 0. The molecule has 1 aliphatic rings. The zero-order valence-corrected chi connectivity index (χ0v) is 13.9. The van der Waals surface area contributed by atoms with Gasteiger partial charge in [0.25, 0.3) is 0 Å². The van der Waals surface area contributed by atoms with Gasteiger partial charge in [-0.15, -0.1) is 0 Å². The number of amides is 3. The minimum atomic E-state index is -0.285. The van der Waals surface area contributed by atoms with Crippen LogP contribution in [0.25, 0.3) is 0 Å². The Labute approximate surface area is 141 Å². The van der Waals surface area contributed by atoms with Crippen molar-refractivity contribution in [1.29, 1.82) is 0 Å². The summed E-state index contributed by atoms with van der Waals surface area (Å²) in [6, 6.07) is 7.63. The van der Waals surface area contributed by atoms with Gasteiger partial charge in [0, 0.05) is 32.7 Å². The van der Waals surface area contributed by atoms with Crippen LogP contribution in [0.15, 0.2) is 24.3 Å². The smallest absolute Gasteiger partial charge is 0.232 e. The van der Waals surface area contributed by atoms with Crippen molar-refractivity contribution in [2.75, 3.05) is 39.8 Å². The Morgan fingerprint density at radius 2 is 1.92 bits per heavy atom. The Bertz CT molecular complexity index is 583. The van der Waals surface area contributed by atoms with Crippen molar-refractivity contribution >= 4 is 18.2 Å². The number of nitrogens with one attached hydrogen (secondary N) is 1. The predicted octanol–water partition coefficient (Wildman–Crippen LogP) is 0.0446. The molecule has 2 rings (SSSR count). The largest absolute Gasteiger partial charge is 0.496 e. The third-order valence-electron chi connectivity index (χ3n) is 4.04. The maximum Gasteiger partial charge on any atom is 0.232 e. The number of rotatable bonds is 7. The highest BCUT2D eigenvalue weighted by molar-refractivity contribution is 5.96. The summed E-state index contributed by atoms with van der Waals surface area (Å²) < 4.78 is 5.26. The number of benzene rings is 1. The van der Waals surface area contributed by atoms with Crippen LogP contribution in [-0.4, -0.2) is 67.9 Å². The van der Waals surface area contributed by atoms with E-state index in [1.165, 1.54) is 0 Å². The van der Waals surface area contributed by atoms with Gasteiger partial charge in [-0.05, 0) is 18.1 Å². The molecule has 0 unspecified atom stereocenters. The molecule has 3 amide bonds. The highest BCUT2D eigenvalue weighted by Crippen LogP contribution is 2.17. The van der Waals surface area contributed by atoms with Gasteiger partial charge in [0.05, 0.1) is 7.11 Å². The first-order valence-electron chi connectivity index (χ1n) is 7.99. The molecule has 0 atom stereocenters. The Hall–Kier alpha value is -2.57. The van der Waals surface area contributed by atoms with Gasteiger partial charge >= 0.3 is 0 Å². The monoisotopic (exact) mass is 333 g/mol. The second-order valence-corrected chi connectivity index (χ2v) is 5.61. The van der Waals surface area contributed by atoms with Gasteiger partial charge in [0.2, 0.25) is 18.2 Å². The second-order valence-electron chi connectivity index (χ2n) is 5.61. The van der Waals surface area contributed by atoms with Gasteiger partial charge in [-0.25, -0.2) is 0 Å². The number of hydrogen-bond acceptors (Lipinski definition) is 4. The number of nitrogens with zero attached hydrogens (tertiary/aromatic N) is 2. The molecule has 7 heteroatoms. The molecule has 1 N–H and O–H groups in total. The van der Waals surface area contributed by atoms with Crippen LogP contribution in [0.5, 0.6) is 5.75 Å². The van der Waals surface area contributed by atoms with Gasteiger partial charge in [0.1, 0.15) is 12.2 Å². The van der Waals surface area contributed by atoms with E-state index in [9.17, 15) is 14.4 Å². The molecule has 0 spiro atoms. The molecule has 1 aliphatic heterocycles. The van der Waals surface area contributed by atoms with E-state index < -0.39 is 0 Å². The second kappa shape index (κ2) is 8.90. The highest BCUT2D eigenvalue weighted by atomic mass is 16.5. The molecule has 0 saturated carbocycles. The van der Waals surface area contributed by atoms with Crippen LogP contribution in [0.1, 0.15) is 12.0 Å².